The molecule has 0 aliphatic rings. The van der Waals surface area contributed by atoms with Crippen LogP contribution in [0.5, 0.6) is 0 Å². The second kappa shape index (κ2) is 3.37. The molecule has 2 aromatic heterocycles. The fourth-order valence-corrected chi connectivity index (χ4v) is 1.13. The Hall–Kier alpha value is -1.68. The lowest BCUT2D eigenvalue weighted by Crippen LogP contribution is -2.01. The number of pyridine rings is 1. The second-order valence-corrected chi connectivity index (χ2v) is 2.66. The Morgan fingerprint density at radius 2 is 2.00 bits per heavy atom. The zero-order valence-corrected chi connectivity index (χ0v) is 6.88. The molecule has 4 heteroatoms. The van der Waals surface area contributed by atoms with Crippen LogP contribution in [0.2, 0.25) is 0 Å². The molecule has 2 aromatic rings. The number of nitrogens with zero attached hydrogens (tertiary/aromatic N) is 2. The van der Waals surface area contributed by atoms with E-state index in [1.165, 1.54) is 0 Å². The van der Waals surface area contributed by atoms with Crippen molar-refractivity contribution in [3.63, 3.8) is 0 Å². The van der Waals surface area contributed by atoms with Gasteiger partial charge in [-0.3, -0.25) is 4.98 Å². The summed E-state index contributed by atoms with van der Waals surface area (Å²) in [6.45, 7) is 0. The first-order valence-corrected chi connectivity index (χ1v) is 3.95. The van der Waals surface area contributed by atoms with Crippen LogP contribution < -0.4 is 0 Å². The molecule has 0 saturated carbocycles. The summed E-state index contributed by atoms with van der Waals surface area (Å²) in [7, 11) is 0. The van der Waals surface area contributed by atoms with Gasteiger partial charge in [-0.25, -0.2) is 4.98 Å². The number of nitrogens with one attached hydrogen (secondary N) is 1. The number of H-pyrrole nitrogens is 1. The lowest BCUT2D eigenvalue weighted by atomic mass is 10.1. The highest BCUT2D eigenvalue weighted by molar-refractivity contribution is 5.19. The molecule has 0 bridgehead atoms. The van der Waals surface area contributed by atoms with Crippen LogP contribution in [0.1, 0.15) is 17.5 Å². The van der Waals surface area contributed by atoms with Crippen LogP contribution in [0.15, 0.2) is 36.9 Å². The van der Waals surface area contributed by atoms with E-state index in [0.717, 1.165) is 5.56 Å². The molecule has 13 heavy (non-hydrogen) atoms. The smallest absolute Gasteiger partial charge is 0.139 e. The minimum Gasteiger partial charge on any atom is -0.380 e. The molecule has 2 N–H and O–H groups in total. The van der Waals surface area contributed by atoms with Crippen LogP contribution in [0.25, 0.3) is 0 Å². The second-order valence-electron chi connectivity index (χ2n) is 2.66. The van der Waals surface area contributed by atoms with Crippen LogP contribution in [-0.2, 0) is 0 Å². The Kier molecular flexibility index (Phi) is 2.06. The number of imidazole rings is 1. The highest BCUT2D eigenvalue weighted by Gasteiger charge is 2.11. The fraction of sp³-hybridized carbons (Fsp3) is 0.111. The Labute approximate surface area is 75.3 Å². The van der Waals surface area contributed by atoms with Gasteiger partial charge in [-0.05, 0) is 17.7 Å². The molecule has 0 aliphatic carbocycles. The van der Waals surface area contributed by atoms with Crippen molar-refractivity contribution in [1.82, 2.24) is 15.0 Å². The van der Waals surface area contributed by atoms with E-state index in [9.17, 15) is 5.11 Å². The summed E-state index contributed by atoms with van der Waals surface area (Å²) < 4.78 is 0. The first kappa shape index (κ1) is 7.94. The van der Waals surface area contributed by atoms with Crippen LogP contribution in [0.4, 0.5) is 0 Å². The minimum atomic E-state index is -0.696. The third-order valence-electron chi connectivity index (χ3n) is 1.80. The maximum atomic E-state index is 9.76. The summed E-state index contributed by atoms with van der Waals surface area (Å²) >= 11 is 0. The monoisotopic (exact) mass is 175 g/mol. The standard InChI is InChI=1S/C9H9N3O/c13-8(9-11-5-6-12-9)7-1-3-10-4-2-7/h1-6,8,13H,(H,11,12)/t8-/m0/s1. The highest BCUT2D eigenvalue weighted by Crippen LogP contribution is 2.16. The molecule has 2 rings (SSSR count). The topological polar surface area (TPSA) is 61.8 Å². The normalized spacial score (nSPS) is 12.7. The average molecular weight is 175 g/mol. The third kappa shape index (κ3) is 1.57. The van der Waals surface area contributed by atoms with Gasteiger partial charge in [-0.15, -0.1) is 0 Å². The summed E-state index contributed by atoms with van der Waals surface area (Å²) in [6.07, 6.45) is 5.88. The summed E-state index contributed by atoms with van der Waals surface area (Å²) in [5.74, 6) is 0.547. The largest absolute Gasteiger partial charge is 0.380 e. The Balaban J connectivity index is 2.29. The molecule has 2 heterocycles. The SMILES string of the molecule is O[C@@H](c1ccncc1)c1ncc[nH]1. The summed E-state index contributed by atoms with van der Waals surface area (Å²) in [5.41, 5.74) is 0.782. The molecule has 0 aliphatic heterocycles. The van der Waals surface area contributed by atoms with Crippen LogP contribution in [0.3, 0.4) is 0 Å². The van der Waals surface area contributed by atoms with E-state index in [-0.39, 0.29) is 0 Å². The Morgan fingerprint density at radius 3 is 2.62 bits per heavy atom. The van der Waals surface area contributed by atoms with E-state index < -0.39 is 6.10 Å². The van der Waals surface area contributed by atoms with Crippen LogP contribution in [0, 0.1) is 0 Å². The van der Waals surface area contributed by atoms with Crippen LogP contribution >= 0.6 is 0 Å². The molecule has 0 spiro atoms. The first-order chi connectivity index (χ1) is 6.38. The van der Waals surface area contributed by atoms with E-state index >= 15 is 0 Å². The van der Waals surface area contributed by atoms with Gasteiger partial charge in [0.2, 0.25) is 0 Å². The molecular weight excluding hydrogens is 166 g/mol. The summed E-state index contributed by atoms with van der Waals surface area (Å²) in [5, 5.41) is 9.76. The minimum absolute atomic E-state index is 0.547. The third-order valence-corrected chi connectivity index (χ3v) is 1.80. The van der Waals surface area contributed by atoms with E-state index in [0.29, 0.717) is 5.82 Å². The number of hydrogen-bond donors (Lipinski definition) is 2. The van der Waals surface area contributed by atoms with E-state index in [4.69, 9.17) is 0 Å². The predicted molar refractivity (Wildman–Crippen MR) is 46.9 cm³/mol. The van der Waals surface area contributed by atoms with Gasteiger partial charge in [0.25, 0.3) is 0 Å². The lowest BCUT2D eigenvalue weighted by Gasteiger charge is -2.06. The van der Waals surface area contributed by atoms with Gasteiger partial charge >= 0.3 is 0 Å². The zero-order valence-electron chi connectivity index (χ0n) is 6.88. The quantitative estimate of drug-likeness (QED) is 0.712. The number of hydrogen-bond acceptors (Lipinski definition) is 3. The van der Waals surface area contributed by atoms with Gasteiger partial charge in [0.15, 0.2) is 0 Å². The lowest BCUT2D eigenvalue weighted by molar-refractivity contribution is 0.211. The number of aliphatic hydroxyl groups is 1. The Morgan fingerprint density at radius 1 is 1.23 bits per heavy atom. The van der Waals surface area contributed by atoms with Crippen molar-refractivity contribution in [2.75, 3.05) is 0 Å². The van der Waals surface area contributed by atoms with Crippen molar-refractivity contribution in [1.29, 1.82) is 0 Å². The van der Waals surface area contributed by atoms with Crippen molar-refractivity contribution < 1.29 is 5.11 Å². The zero-order chi connectivity index (χ0) is 9.10. The fourth-order valence-electron chi connectivity index (χ4n) is 1.13. The predicted octanol–water partition coefficient (Wildman–Crippen LogP) is 0.886. The van der Waals surface area contributed by atoms with Gasteiger partial charge in [0.1, 0.15) is 11.9 Å². The molecule has 0 unspecified atom stereocenters. The first-order valence-electron chi connectivity index (χ1n) is 3.95. The maximum absolute atomic E-state index is 9.76. The van der Waals surface area contributed by atoms with Crippen molar-refractivity contribution in [2.45, 2.75) is 6.10 Å². The summed E-state index contributed by atoms with van der Waals surface area (Å²) in [4.78, 5) is 10.7. The van der Waals surface area contributed by atoms with E-state index in [1.54, 1.807) is 36.9 Å². The van der Waals surface area contributed by atoms with Crippen LogP contribution in [-0.4, -0.2) is 20.1 Å². The number of aliphatic hydroxyl groups excluding tert-OH is 1. The van der Waals surface area contributed by atoms with E-state index in [1.807, 2.05) is 0 Å². The van der Waals surface area contributed by atoms with Crippen molar-refractivity contribution in [3.05, 3.63) is 48.3 Å². The molecular formula is C9H9N3O. The molecule has 66 valence electrons. The molecule has 0 radical (unpaired) electrons. The Bertz CT molecular complexity index is 358. The van der Waals surface area contributed by atoms with Gasteiger partial charge in [0, 0.05) is 24.8 Å². The molecule has 0 amide bonds. The maximum Gasteiger partial charge on any atom is 0.139 e. The van der Waals surface area contributed by atoms with E-state index in [2.05, 4.69) is 15.0 Å². The molecule has 0 aromatic carbocycles. The van der Waals surface area contributed by atoms with Crippen molar-refractivity contribution >= 4 is 0 Å². The van der Waals surface area contributed by atoms with Crippen molar-refractivity contribution in [3.8, 4) is 0 Å². The van der Waals surface area contributed by atoms with Gasteiger partial charge in [-0.1, -0.05) is 0 Å². The highest BCUT2D eigenvalue weighted by atomic mass is 16.3. The average Bonchev–Trinajstić information content (AvgIpc) is 2.71. The molecule has 1 atom stereocenters. The number of aromatic nitrogens is 3. The summed E-state index contributed by atoms with van der Waals surface area (Å²) in [6, 6.07) is 3.51. The molecule has 4 nitrogen and oxygen atoms in total. The van der Waals surface area contributed by atoms with Crippen molar-refractivity contribution in [2.24, 2.45) is 0 Å². The van der Waals surface area contributed by atoms with Gasteiger partial charge < -0.3 is 10.1 Å². The number of aromatic amines is 1. The molecule has 0 saturated heterocycles. The van der Waals surface area contributed by atoms with Gasteiger partial charge in [-0.2, -0.15) is 0 Å². The van der Waals surface area contributed by atoms with Gasteiger partial charge in [0.05, 0.1) is 0 Å². The molecule has 0 fully saturated rings. The number of rotatable bonds is 2.